The zero-order valence-electron chi connectivity index (χ0n) is 14.8. The predicted octanol–water partition coefficient (Wildman–Crippen LogP) is 5.49. The van der Waals surface area contributed by atoms with Crippen LogP contribution >= 0.6 is 0 Å². The SMILES string of the molecule is C=C.CC(C)(C)[Si](C)(C)OC1CCCC12CCC(=O)CC2. The van der Waals surface area contributed by atoms with Crippen LogP contribution in [0.25, 0.3) is 0 Å². The van der Waals surface area contributed by atoms with Gasteiger partial charge in [-0.15, -0.1) is 13.2 Å². The van der Waals surface area contributed by atoms with Gasteiger partial charge in [-0.25, -0.2) is 0 Å². The van der Waals surface area contributed by atoms with Crippen LogP contribution < -0.4 is 0 Å². The van der Waals surface area contributed by atoms with Gasteiger partial charge in [0.15, 0.2) is 8.32 Å². The maximum absolute atomic E-state index is 11.5. The number of Topliss-reactive ketones (excluding diaryl/α,β-unsaturated/α-hetero) is 1. The Morgan fingerprint density at radius 3 is 2.14 bits per heavy atom. The van der Waals surface area contributed by atoms with Gasteiger partial charge in [-0.05, 0) is 49.2 Å². The molecule has 1 spiro atoms. The summed E-state index contributed by atoms with van der Waals surface area (Å²) >= 11 is 0. The highest BCUT2D eigenvalue weighted by Crippen LogP contribution is 2.52. The number of carbonyl (C=O) groups is 1. The highest BCUT2D eigenvalue weighted by Gasteiger charge is 2.49. The summed E-state index contributed by atoms with van der Waals surface area (Å²) in [6.07, 6.45) is 7.92. The third kappa shape index (κ3) is 4.07. The fraction of sp³-hybridized carbons (Fsp3) is 0.833. The first kappa shape index (κ1) is 18.6. The molecular formula is C18H34O2Si. The van der Waals surface area contributed by atoms with E-state index in [1.165, 1.54) is 19.3 Å². The van der Waals surface area contributed by atoms with Crippen LogP contribution in [0, 0.1) is 5.41 Å². The Labute approximate surface area is 132 Å². The van der Waals surface area contributed by atoms with E-state index in [1.807, 2.05) is 0 Å². The fourth-order valence-electron chi connectivity index (χ4n) is 3.42. The van der Waals surface area contributed by atoms with Crippen molar-refractivity contribution in [3.63, 3.8) is 0 Å². The van der Waals surface area contributed by atoms with Crippen LogP contribution in [-0.2, 0) is 9.22 Å². The standard InChI is InChI=1S/C16H30O2Si.C2H4/c1-15(2,3)19(4,5)18-14-7-6-10-16(14)11-8-13(17)9-12-16;1-2/h14H,6-12H2,1-5H3;1-2H2. The second-order valence-electron chi connectivity index (χ2n) is 8.16. The third-order valence-corrected chi connectivity index (χ3v) is 10.4. The van der Waals surface area contributed by atoms with E-state index in [0.29, 0.717) is 17.3 Å². The highest BCUT2D eigenvalue weighted by atomic mass is 28.4. The molecule has 0 aromatic heterocycles. The lowest BCUT2D eigenvalue weighted by molar-refractivity contribution is -0.123. The maximum atomic E-state index is 11.5. The summed E-state index contributed by atoms with van der Waals surface area (Å²) in [5.41, 5.74) is 0.337. The molecule has 2 nitrogen and oxygen atoms in total. The first-order valence-corrected chi connectivity index (χ1v) is 11.3. The van der Waals surface area contributed by atoms with E-state index in [-0.39, 0.29) is 5.04 Å². The monoisotopic (exact) mass is 310 g/mol. The summed E-state index contributed by atoms with van der Waals surface area (Å²) in [6, 6.07) is 0. The van der Waals surface area contributed by atoms with Crippen LogP contribution in [0.3, 0.4) is 0 Å². The minimum absolute atomic E-state index is 0.279. The van der Waals surface area contributed by atoms with Crippen molar-refractivity contribution in [2.45, 2.75) is 90.0 Å². The van der Waals surface area contributed by atoms with Gasteiger partial charge in [0.1, 0.15) is 5.78 Å². The minimum atomic E-state index is -1.68. The number of carbonyl (C=O) groups excluding carboxylic acids is 1. The number of ketones is 1. The normalized spacial score (nSPS) is 25.6. The Kier molecular flexibility index (Phi) is 6.02. The average molecular weight is 311 g/mol. The molecule has 3 heteroatoms. The second kappa shape index (κ2) is 6.78. The highest BCUT2D eigenvalue weighted by molar-refractivity contribution is 6.74. The van der Waals surface area contributed by atoms with E-state index in [4.69, 9.17) is 4.43 Å². The van der Waals surface area contributed by atoms with Crippen LogP contribution in [0.4, 0.5) is 0 Å². The summed E-state index contributed by atoms with van der Waals surface area (Å²) in [7, 11) is -1.68. The van der Waals surface area contributed by atoms with Crippen LogP contribution in [0.5, 0.6) is 0 Å². The van der Waals surface area contributed by atoms with Gasteiger partial charge in [0.2, 0.25) is 0 Å². The van der Waals surface area contributed by atoms with Crippen molar-refractivity contribution in [1.82, 2.24) is 0 Å². The lowest BCUT2D eigenvalue weighted by Crippen LogP contribution is -2.48. The average Bonchev–Trinajstić information content (AvgIpc) is 2.77. The lowest BCUT2D eigenvalue weighted by Gasteiger charge is -2.45. The first-order chi connectivity index (χ1) is 9.66. The molecule has 2 saturated carbocycles. The maximum Gasteiger partial charge on any atom is 0.192 e. The molecule has 0 N–H and O–H groups in total. The van der Waals surface area contributed by atoms with E-state index < -0.39 is 8.32 Å². The van der Waals surface area contributed by atoms with Gasteiger partial charge in [0, 0.05) is 12.8 Å². The molecule has 21 heavy (non-hydrogen) atoms. The van der Waals surface area contributed by atoms with Gasteiger partial charge in [-0.1, -0.05) is 27.2 Å². The molecule has 122 valence electrons. The Hall–Kier alpha value is -0.413. The van der Waals surface area contributed by atoms with Crippen molar-refractivity contribution in [2.24, 2.45) is 5.41 Å². The van der Waals surface area contributed by atoms with Gasteiger partial charge in [0.25, 0.3) is 0 Å². The van der Waals surface area contributed by atoms with Gasteiger partial charge in [0.05, 0.1) is 6.10 Å². The summed E-state index contributed by atoms with van der Waals surface area (Å²) in [4.78, 5) is 11.5. The molecule has 1 atom stereocenters. The van der Waals surface area contributed by atoms with Crippen molar-refractivity contribution in [3.05, 3.63) is 13.2 Å². The Balaban J connectivity index is 0.00000106. The number of hydrogen-bond donors (Lipinski definition) is 0. The largest absolute Gasteiger partial charge is 0.413 e. The van der Waals surface area contributed by atoms with Crippen molar-refractivity contribution in [1.29, 1.82) is 0 Å². The van der Waals surface area contributed by atoms with E-state index in [0.717, 1.165) is 25.7 Å². The predicted molar refractivity (Wildman–Crippen MR) is 93.1 cm³/mol. The van der Waals surface area contributed by atoms with Gasteiger partial charge in [-0.3, -0.25) is 4.79 Å². The molecule has 2 aliphatic rings. The molecule has 2 fully saturated rings. The zero-order chi connectivity index (χ0) is 16.3. The van der Waals surface area contributed by atoms with Gasteiger partial charge in [-0.2, -0.15) is 0 Å². The number of hydrogen-bond acceptors (Lipinski definition) is 2. The molecule has 0 aliphatic heterocycles. The van der Waals surface area contributed by atoms with Crippen LogP contribution in [0.2, 0.25) is 18.1 Å². The first-order valence-electron chi connectivity index (χ1n) is 8.36. The Morgan fingerprint density at radius 2 is 1.67 bits per heavy atom. The molecule has 0 aromatic rings. The molecule has 0 heterocycles. The van der Waals surface area contributed by atoms with Crippen LogP contribution in [0.1, 0.15) is 65.7 Å². The summed E-state index contributed by atoms with van der Waals surface area (Å²) in [5.74, 6) is 0.462. The number of rotatable bonds is 2. The van der Waals surface area contributed by atoms with Crippen LogP contribution in [0.15, 0.2) is 13.2 Å². The van der Waals surface area contributed by atoms with Gasteiger partial charge >= 0.3 is 0 Å². The zero-order valence-corrected chi connectivity index (χ0v) is 15.8. The van der Waals surface area contributed by atoms with E-state index in [9.17, 15) is 4.79 Å². The molecule has 0 radical (unpaired) electrons. The quantitative estimate of drug-likeness (QED) is 0.498. The summed E-state index contributed by atoms with van der Waals surface area (Å²) < 4.78 is 6.72. The molecule has 1 unspecified atom stereocenters. The molecule has 0 aromatic carbocycles. The van der Waals surface area contributed by atoms with E-state index >= 15 is 0 Å². The minimum Gasteiger partial charge on any atom is -0.413 e. The molecule has 2 aliphatic carbocycles. The molecule has 0 bridgehead atoms. The molecule has 0 saturated heterocycles. The topological polar surface area (TPSA) is 26.3 Å². The summed E-state index contributed by atoms with van der Waals surface area (Å²) in [5, 5.41) is 0.279. The smallest absolute Gasteiger partial charge is 0.192 e. The summed E-state index contributed by atoms with van der Waals surface area (Å²) in [6.45, 7) is 17.6. The molecule has 0 amide bonds. The molecular weight excluding hydrogens is 276 g/mol. The van der Waals surface area contributed by atoms with E-state index in [2.05, 4.69) is 47.0 Å². The van der Waals surface area contributed by atoms with Crippen molar-refractivity contribution in [2.75, 3.05) is 0 Å². The Morgan fingerprint density at radius 1 is 1.14 bits per heavy atom. The van der Waals surface area contributed by atoms with E-state index in [1.54, 1.807) is 0 Å². The van der Waals surface area contributed by atoms with Crippen molar-refractivity contribution >= 4 is 14.1 Å². The Bertz CT molecular complexity index is 358. The molecule has 2 rings (SSSR count). The van der Waals surface area contributed by atoms with Crippen molar-refractivity contribution < 1.29 is 9.22 Å². The third-order valence-electron chi connectivity index (χ3n) is 5.87. The lowest BCUT2D eigenvalue weighted by atomic mass is 9.71. The van der Waals surface area contributed by atoms with Gasteiger partial charge < -0.3 is 4.43 Å². The second-order valence-corrected chi connectivity index (χ2v) is 12.9. The van der Waals surface area contributed by atoms with Crippen LogP contribution in [-0.4, -0.2) is 20.2 Å². The fourth-order valence-corrected chi connectivity index (χ4v) is 4.85. The van der Waals surface area contributed by atoms with Crippen molar-refractivity contribution in [3.8, 4) is 0 Å².